The van der Waals surface area contributed by atoms with Gasteiger partial charge in [0.1, 0.15) is 5.54 Å². The lowest BCUT2D eigenvalue weighted by atomic mass is 9.88. The number of likely N-dealkylation sites (tertiary alicyclic amines) is 1. The quantitative estimate of drug-likeness (QED) is 0.867. The van der Waals surface area contributed by atoms with Crippen LogP contribution in [0.2, 0.25) is 0 Å². The monoisotopic (exact) mass is 296 g/mol. The summed E-state index contributed by atoms with van der Waals surface area (Å²) in [5.74, 6) is -0.962. The molecule has 0 aliphatic carbocycles. The molecule has 0 spiro atoms. The van der Waals surface area contributed by atoms with Gasteiger partial charge in [-0.3, -0.25) is 14.5 Å². The molecule has 1 unspecified atom stereocenters. The topological polar surface area (TPSA) is 69.6 Å². The summed E-state index contributed by atoms with van der Waals surface area (Å²) in [4.78, 5) is 26.3. The molecular formula is C14H20N2O3S. The van der Waals surface area contributed by atoms with E-state index in [1.807, 2.05) is 17.5 Å². The van der Waals surface area contributed by atoms with Crippen molar-refractivity contribution in [3.63, 3.8) is 0 Å². The molecule has 2 N–H and O–H groups in total. The summed E-state index contributed by atoms with van der Waals surface area (Å²) >= 11 is 1.59. The highest BCUT2D eigenvalue weighted by Gasteiger charge is 2.41. The molecule has 2 heterocycles. The van der Waals surface area contributed by atoms with E-state index in [4.69, 9.17) is 0 Å². The van der Waals surface area contributed by atoms with E-state index in [0.717, 1.165) is 17.7 Å². The maximum atomic E-state index is 12.0. The minimum Gasteiger partial charge on any atom is -0.480 e. The fourth-order valence-electron chi connectivity index (χ4n) is 2.50. The SMILES string of the molecule is CC1(C(=O)O)CCCCN1CC(=O)NCc1cccs1. The Labute approximate surface area is 122 Å². The van der Waals surface area contributed by atoms with Crippen LogP contribution in [-0.4, -0.2) is 40.5 Å². The Balaban J connectivity index is 1.90. The summed E-state index contributed by atoms with van der Waals surface area (Å²) < 4.78 is 0. The van der Waals surface area contributed by atoms with Crippen LogP contribution in [0.15, 0.2) is 17.5 Å². The average molecular weight is 296 g/mol. The standard InChI is InChI=1S/C14H20N2O3S/c1-14(13(18)19)6-2-3-7-16(14)10-12(17)15-9-11-5-4-8-20-11/h4-5,8H,2-3,6-7,9-10H2,1H3,(H,15,17)(H,18,19). The van der Waals surface area contributed by atoms with Crippen molar-refractivity contribution in [2.24, 2.45) is 0 Å². The van der Waals surface area contributed by atoms with Crippen LogP contribution in [0.25, 0.3) is 0 Å². The third kappa shape index (κ3) is 3.37. The summed E-state index contributed by atoms with van der Waals surface area (Å²) in [6, 6.07) is 3.91. The summed E-state index contributed by atoms with van der Waals surface area (Å²) in [5.41, 5.74) is -0.918. The molecule has 1 aromatic heterocycles. The zero-order valence-electron chi connectivity index (χ0n) is 11.6. The zero-order valence-corrected chi connectivity index (χ0v) is 12.4. The Morgan fingerprint density at radius 2 is 2.30 bits per heavy atom. The molecule has 5 nitrogen and oxygen atoms in total. The first-order valence-corrected chi connectivity index (χ1v) is 7.68. The van der Waals surface area contributed by atoms with Gasteiger partial charge in [0.25, 0.3) is 0 Å². The number of hydrogen-bond acceptors (Lipinski definition) is 4. The first kappa shape index (κ1) is 15.0. The number of carbonyl (C=O) groups is 2. The van der Waals surface area contributed by atoms with Gasteiger partial charge in [0.15, 0.2) is 0 Å². The minimum atomic E-state index is -0.918. The molecule has 2 rings (SSSR count). The molecular weight excluding hydrogens is 276 g/mol. The van der Waals surface area contributed by atoms with Gasteiger partial charge >= 0.3 is 5.97 Å². The van der Waals surface area contributed by atoms with E-state index in [0.29, 0.717) is 19.5 Å². The lowest BCUT2D eigenvalue weighted by Crippen LogP contribution is -2.57. The fraction of sp³-hybridized carbons (Fsp3) is 0.571. The summed E-state index contributed by atoms with van der Waals surface area (Å²) in [7, 11) is 0. The first-order chi connectivity index (χ1) is 9.52. The molecule has 0 saturated carbocycles. The highest BCUT2D eigenvalue weighted by molar-refractivity contribution is 7.09. The largest absolute Gasteiger partial charge is 0.480 e. The molecule has 1 aliphatic heterocycles. The zero-order chi connectivity index (χ0) is 14.6. The number of piperidine rings is 1. The van der Waals surface area contributed by atoms with Gasteiger partial charge in [-0.1, -0.05) is 6.07 Å². The fourth-order valence-corrected chi connectivity index (χ4v) is 3.15. The third-order valence-corrected chi connectivity index (χ3v) is 4.75. The van der Waals surface area contributed by atoms with Crippen LogP contribution in [0.3, 0.4) is 0 Å². The van der Waals surface area contributed by atoms with Crippen LogP contribution in [0.5, 0.6) is 0 Å². The average Bonchev–Trinajstić information content (AvgIpc) is 2.92. The van der Waals surface area contributed by atoms with E-state index in [2.05, 4.69) is 5.32 Å². The van der Waals surface area contributed by atoms with Gasteiger partial charge in [0.2, 0.25) is 5.91 Å². The number of aliphatic carboxylic acids is 1. The number of carbonyl (C=O) groups excluding carboxylic acids is 1. The van der Waals surface area contributed by atoms with Crippen LogP contribution in [0.4, 0.5) is 0 Å². The highest BCUT2D eigenvalue weighted by Crippen LogP contribution is 2.27. The lowest BCUT2D eigenvalue weighted by Gasteiger charge is -2.41. The number of carboxylic acids is 1. The van der Waals surface area contributed by atoms with Gasteiger partial charge in [0.05, 0.1) is 13.1 Å². The molecule has 1 aromatic rings. The second kappa shape index (κ2) is 6.37. The highest BCUT2D eigenvalue weighted by atomic mass is 32.1. The smallest absolute Gasteiger partial charge is 0.323 e. The van der Waals surface area contributed by atoms with E-state index in [9.17, 15) is 14.7 Å². The van der Waals surface area contributed by atoms with E-state index < -0.39 is 11.5 Å². The molecule has 1 saturated heterocycles. The molecule has 1 amide bonds. The van der Waals surface area contributed by atoms with E-state index in [-0.39, 0.29) is 12.5 Å². The maximum Gasteiger partial charge on any atom is 0.323 e. The Bertz CT molecular complexity index is 475. The normalized spacial score (nSPS) is 23.4. The number of thiophene rings is 1. The molecule has 6 heteroatoms. The van der Waals surface area contributed by atoms with Crippen molar-refractivity contribution in [1.82, 2.24) is 10.2 Å². The van der Waals surface area contributed by atoms with Gasteiger partial charge < -0.3 is 10.4 Å². The number of hydrogen-bond donors (Lipinski definition) is 2. The van der Waals surface area contributed by atoms with Crippen LogP contribution in [0.1, 0.15) is 31.1 Å². The summed E-state index contributed by atoms with van der Waals surface area (Å²) in [5, 5.41) is 14.2. The molecule has 110 valence electrons. The van der Waals surface area contributed by atoms with E-state index >= 15 is 0 Å². The Hall–Kier alpha value is -1.40. The van der Waals surface area contributed by atoms with Crippen LogP contribution < -0.4 is 5.32 Å². The Kier molecular flexibility index (Phi) is 4.77. The molecule has 1 fully saturated rings. The molecule has 20 heavy (non-hydrogen) atoms. The lowest BCUT2D eigenvalue weighted by molar-refractivity contribution is -0.153. The predicted octanol–water partition coefficient (Wildman–Crippen LogP) is 1.69. The minimum absolute atomic E-state index is 0.118. The maximum absolute atomic E-state index is 12.0. The van der Waals surface area contributed by atoms with Crippen LogP contribution >= 0.6 is 11.3 Å². The summed E-state index contributed by atoms with van der Waals surface area (Å²) in [6.07, 6.45) is 2.44. The summed E-state index contributed by atoms with van der Waals surface area (Å²) in [6.45, 7) is 3.03. The molecule has 0 aromatic carbocycles. The van der Waals surface area contributed by atoms with Crippen molar-refractivity contribution >= 4 is 23.2 Å². The molecule has 0 radical (unpaired) electrons. The van der Waals surface area contributed by atoms with Gasteiger partial charge in [0, 0.05) is 4.88 Å². The predicted molar refractivity (Wildman–Crippen MR) is 77.6 cm³/mol. The first-order valence-electron chi connectivity index (χ1n) is 6.80. The second-order valence-electron chi connectivity index (χ2n) is 5.31. The number of amides is 1. The van der Waals surface area contributed by atoms with Crippen LogP contribution in [0, 0.1) is 0 Å². The van der Waals surface area contributed by atoms with E-state index in [1.165, 1.54) is 0 Å². The van der Waals surface area contributed by atoms with Crippen molar-refractivity contribution in [2.75, 3.05) is 13.1 Å². The van der Waals surface area contributed by atoms with Crippen molar-refractivity contribution < 1.29 is 14.7 Å². The van der Waals surface area contributed by atoms with Gasteiger partial charge in [-0.15, -0.1) is 11.3 Å². The van der Waals surface area contributed by atoms with Gasteiger partial charge in [-0.05, 0) is 44.2 Å². The number of rotatable bonds is 5. The molecule has 1 atom stereocenters. The Morgan fingerprint density at radius 1 is 1.50 bits per heavy atom. The number of nitrogens with zero attached hydrogens (tertiary/aromatic N) is 1. The van der Waals surface area contributed by atoms with Crippen molar-refractivity contribution in [3.05, 3.63) is 22.4 Å². The van der Waals surface area contributed by atoms with Crippen molar-refractivity contribution in [1.29, 1.82) is 0 Å². The Morgan fingerprint density at radius 3 is 2.95 bits per heavy atom. The van der Waals surface area contributed by atoms with Crippen molar-refractivity contribution in [3.8, 4) is 0 Å². The number of carboxylic acid groups (broad SMARTS) is 1. The van der Waals surface area contributed by atoms with Crippen LogP contribution in [-0.2, 0) is 16.1 Å². The molecule has 1 aliphatic rings. The second-order valence-corrected chi connectivity index (χ2v) is 6.35. The van der Waals surface area contributed by atoms with Gasteiger partial charge in [-0.2, -0.15) is 0 Å². The van der Waals surface area contributed by atoms with E-state index in [1.54, 1.807) is 23.2 Å². The van der Waals surface area contributed by atoms with Crippen molar-refractivity contribution in [2.45, 2.75) is 38.3 Å². The van der Waals surface area contributed by atoms with Gasteiger partial charge in [-0.25, -0.2) is 0 Å². The third-order valence-electron chi connectivity index (χ3n) is 3.87. The number of nitrogens with one attached hydrogen (secondary N) is 1. The molecule has 0 bridgehead atoms.